The van der Waals surface area contributed by atoms with Crippen LogP contribution in [-0.4, -0.2) is 24.1 Å². The summed E-state index contributed by atoms with van der Waals surface area (Å²) in [6.07, 6.45) is 5.72. The number of piperidine rings is 1. The summed E-state index contributed by atoms with van der Waals surface area (Å²) in [5.74, 6) is 0.412. The van der Waals surface area contributed by atoms with Crippen LogP contribution >= 0.6 is 11.3 Å². The van der Waals surface area contributed by atoms with Crippen molar-refractivity contribution in [3.05, 3.63) is 16.6 Å². The molecule has 0 amide bonds. The first-order chi connectivity index (χ1) is 6.92. The van der Waals surface area contributed by atoms with E-state index < -0.39 is 0 Å². The highest BCUT2D eigenvalue weighted by molar-refractivity contribution is 7.09. The minimum atomic E-state index is 0.412. The fourth-order valence-corrected chi connectivity index (χ4v) is 2.90. The monoisotopic (exact) mass is 211 g/mol. The molecule has 2 rings (SSSR count). The van der Waals surface area contributed by atoms with Gasteiger partial charge in [-0.05, 0) is 19.4 Å². The Morgan fingerprint density at radius 2 is 2.57 bits per heavy atom. The van der Waals surface area contributed by atoms with Crippen LogP contribution in [0, 0.1) is 0 Å². The van der Waals surface area contributed by atoms with Gasteiger partial charge in [0.2, 0.25) is 0 Å². The van der Waals surface area contributed by atoms with E-state index in [1.54, 1.807) is 11.3 Å². The third-order valence-corrected chi connectivity index (χ3v) is 3.76. The van der Waals surface area contributed by atoms with Gasteiger partial charge in [-0.3, -0.25) is 0 Å². The van der Waals surface area contributed by atoms with Crippen LogP contribution in [0.25, 0.3) is 0 Å². The van der Waals surface area contributed by atoms with E-state index in [-0.39, 0.29) is 0 Å². The number of nitrogens with zero attached hydrogens (tertiary/aromatic N) is 1. The SMILES string of the molecule is NCC(c1nccs1)C1CCCCN1. The molecule has 4 heteroatoms. The predicted octanol–water partition coefficient (Wildman–Crippen LogP) is 1.33. The Morgan fingerprint density at radius 1 is 1.64 bits per heavy atom. The molecule has 14 heavy (non-hydrogen) atoms. The number of aromatic nitrogens is 1. The maximum atomic E-state index is 5.82. The van der Waals surface area contributed by atoms with E-state index >= 15 is 0 Å². The zero-order valence-corrected chi connectivity index (χ0v) is 9.09. The maximum absolute atomic E-state index is 5.82. The van der Waals surface area contributed by atoms with Crippen LogP contribution in [-0.2, 0) is 0 Å². The molecule has 1 aliphatic rings. The van der Waals surface area contributed by atoms with Gasteiger partial charge in [-0.15, -0.1) is 11.3 Å². The Bertz CT molecular complexity index is 254. The third kappa shape index (κ3) is 2.13. The number of nitrogens with two attached hydrogens (primary N) is 1. The molecule has 2 unspecified atom stereocenters. The van der Waals surface area contributed by atoms with Crippen molar-refractivity contribution in [1.82, 2.24) is 10.3 Å². The second kappa shape index (κ2) is 4.87. The molecule has 2 atom stereocenters. The minimum Gasteiger partial charge on any atom is -0.330 e. The summed E-state index contributed by atoms with van der Waals surface area (Å²) in [5, 5.41) is 6.76. The van der Waals surface area contributed by atoms with Gasteiger partial charge in [0.05, 0.1) is 5.01 Å². The molecule has 0 aromatic carbocycles. The van der Waals surface area contributed by atoms with Crippen molar-refractivity contribution in [2.45, 2.75) is 31.2 Å². The second-order valence-corrected chi connectivity index (χ2v) is 4.70. The molecule has 0 aliphatic carbocycles. The van der Waals surface area contributed by atoms with Crippen molar-refractivity contribution < 1.29 is 0 Å². The summed E-state index contributed by atoms with van der Waals surface area (Å²) in [4.78, 5) is 4.36. The highest BCUT2D eigenvalue weighted by Crippen LogP contribution is 2.25. The predicted molar refractivity (Wildman–Crippen MR) is 59.6 cm³/mol. The minimum absolute atomic E-state index is 0.412. The van der Waals surface area contributed by atoms with E-state index in [9.17, 15) is 0 Å². The molecule has 1 aromatic rings. The summed E-state index contributed by atoms with van der Waals surface area (Å²) in [6.45, 7) is 1.83. The quantitative estimate of drug-likeness (QED) is 0.793. The third-order valence-electron chi connectivity index (χ3n) is 2.86. The average Bonchev–Trinajstić information content (AvgIpc) is 2.74. The van der Waals surface area contributed by atoms with Crippen molar-refractivity contribution >= 4 is 11.3 Å². The molecule has 3 N–H and O–H groups in total. The molecular formula is C10H17N3S. The van der Waals surface area contributed by atoms with E-state index in [1.165, 1.54) is 24.3 Å². The van der Waals surface area contributed by atoms with Gasteiger partial charge in [0.25, 0.3) is 0 Å². The second-order valence-electron chi connectivity index (χ2n) is 3.77. The Morgan fingerprint density at radius 3 is 3.14 bits per heavy atom. The standard InChI is InChI=1S/C10H17N3S/c11-7-8(10-13-5-6-14-10)9-3-1-2-4-12-9/h5-6,8-9,12H,1-4,7,11H2. The molecule has 1 saturated heterocycles. The first-order valence-electron chi connectivity index (χ1n) is 5.24. The smallest absolute Gasteiger partial charge is 0.0984 e. The lowest BCUT2D eigenvalue weighted by atomic mass is 9.92. The molecule has 78 valence electrons. The molecule has 1 aromatic heterocycles. The topological polar surface area (TPSA) is 50.9 Å². The van der Waals surface area contributed by atoms with Crippen molar-refractivity contribution in [3.8, 4) is 0 Å². The normalized spacial score (nSPS) is 24.8. The van der Waals surface area contributed by atoms with E-state index in [4.69, 9.17) is 5.73 Å². The number of rotatable bonds is 3. The molecule has 0 bridgehead atoms. The molecule has 0 saturated carbocycles. The van der Waals surface area contributed by atoms with Gasteiger partial charge in [0, 0.05) is 30.1 Å². The van der Waals surface area contributed by atoms with Gasteiger partial charge in [0.1, 0.15) is 0 Å². The lowest BCUT2D eigenvalue weighted by Gasteiger charge is -2.29. The first kappa shape index (κ1) is 10.1. The molecule has 1 fully saturated rings. The first-order valence-corrected chi connectivity index (χ1v) is 6.12. The van der Waals surface area contributed by atoms with Crippen molar-refractivity contribution in [2.24, 2.45) is 5.73 Å². The molecule has 1 aliphatic heterocycles. The van der Waals surface area contributed by atoms with Crippen molar-refractivity contribution in [1.29, 1.82) is 0 Å². The molecule has 0 radical (unpaired) electrons. The van der Waals surface area contributed by atoms with Crippen LogP contribution in [0.2, 0.25) is 0 Å². The van der Waals surface area contributed by atoms with Gasteiger partial charge in [-0.2, -0.15) is 0 Å². The lowest BCUT2D eigenvalue weighted by molar-refractivity contribution is 0.352. The number of hydrogen-bond donors (Lipinski definition) is 2. The van der Waals surface area contributed by atoms with Crippen molar-refractivity contribution in [2.75, 3.05) is 13.1 Å². The van der Waals surface area contributed by atoms with Crippen LogP contribution in [0.5, 0.6) is 0 Å². The van der Waals surface area contributed by atoms with Gasteiger partial charge in [-0.25, -0.2) is 4.98 Å². The highest BCUT2D eigenvalue weighted by atomic mass is 32.1. The van der Waals surface area contributed by atoms with Crippen LogP contribution < -0.4 is 11.1 Å². The van der Waals surface area contributed by atoms with E-state index in [2.05, 4.69) is 10.3 Å². The van der Waals surface area contributed by atoms with E-state index in [1.807, 2.05) is 11.6 Å². The van der Waals surface area contributed by atoms with Gasteiger partial charge >= 0.3 is 0 Å². The van der Waals surface area contributed by atoms with Crippen LogP contribution in [0.4, 0.5) is 0 Å². The average molecular weight is 211 g/mol. The molecule has 2 heterocycles. The maximum Gasteiger partial charge on any atom is 0.0984 e. The number of nitrogens with one attached hydrogen (secondary N) is 1. The largest absolute Gasteiger partial charge is 0.330 e. The zero-order chi connectivity index (χ0) is 9.80. The molecular weight excluding hydrogens is 194 g/mol. The van der Waals surface area contributed by atoms with Crippen molar-refractivity contribution in [3.63, 3.8) is 0 Å². The van der Waals surface area contributed by atoms with Crippen LogP contribution in [0.15, 0.2) is 11.6 Å². The van der Waals surface area contributed by atoms with Crippen LogP contribution in [0.1, 0.15) is 30.2 Å². The summed E-state index contributed by atoms with van der Waals surface area (Å²) < 4.78 is 0. The summed E-state index contributed by atoms with van der Waals surface area (Å²) in [7, 11) is 0. The van der Waals surface area contributed by atoms with Gasteiger partial charge < -0.3 is 11.1 Å². The Hall–Kier alpha value is -0.450. The molecule has 3 nitrogen and oxygen atoms in total. The zero-order valence-electron chi connectivity index (χ0n) is 8.28. The summed E-state index contributed by atoms with van der Waals surface area (Å²) in [5.41, 5.74) is 5.82. The molecule has 0 spiro atoms. The lowest BCUT2D eigenvalue weighted by Crippen LogP contribution is -2.41. The number of thiazole rings is 1. The Balaban J connectivity index is 2.04. The fourth-order valence-electron chi connectivity index (χ4n) is 2.08. The Labute approximate surface area is 88.7 Å². The van der Waals surface area contributed by atoms with Crippen LogP contribution in [0.3, 0.4) is 0 Å². The highest BCUT2D eigenvalue weighted by Gasteiger charge is 2.24. The van der Waals surface area contributed by atoms with Gasteiger partial charge in [0.15, 0.2) is 0 Å². The fraction of sp³-hybridized carbons (Fsp3) is 0.700. The summed E-state index contributed by atoms with van der Waals surface area (Å²) >= 11 is 1.72. The summed E-state index contributed by atoms with van der Waals surface area (Å²) in [6, 6.07) is 0.542. The van der Waals surface area contributed by atoms with E-state index in [0.717, 1.165) is 6.54 Å². The van der Waals surface area contributed by atoms with E-state index in [0.29, 0.717) is 18.5 Å². The Kier molecular flexibility index (Phi) is 3.50. The van der Waals surface area contributed by atoms with Gasteiger partial charge in [-0.1, -0.05) is 6.42 Å². The number of hydrogen-bond acceptors (Lipinski definition) is 4.